The van der Waals surface area contributed by atoms with Gasteiger partial charge < -0.3 is 9.74 Å². The van der Waals surface area contributed by atoms with Crippen LogP contribution in [-0.4, -0.2) is 19.2 Å². The summed E-state index contributed by atoms with van der Waals surface area (Å²) in [6.07, 6.45) is -10.0. The molecule has 1 N–H and O–H groups in total. The van der Waals surface area contributed by atoms with Gasteiger partial charge in [-0.1, -0.05) is 69.3 Å². The van der Waals surface area contributed by atoms with Crippen LogP contribution in [0.25, 0.3) is 22.0 Å². The number of fused-ring (bicyclic) bond motifs is 1. The molecule has 0 saturated carbocycles. The first-order chi connectivity index (χ1) is 19.9. The van der Waals surface area contributed by atoms with Gasteiger partial charge in [0, 0.05) is 17.5 Å². The van der Waals surface area contributed by atoms with Crippen LogP contribution >= 0.6 is 0 Å². The Morgan fingerprint density at radius 2 is 1.40 bits per heavy atom. The summed E-state index contributed by atoms with van der Waals surface area (Å²) in [6, 6.07) is 17.6. The largest absolute Gasteiger partial charge is 0.416 e. The van der Waals surface area contributed by atoms with Crippen molar-refractivity contribution in [2.45, 2.75) is 64.4 Å². The van der Waals surface area contributed by atoms with Crippen LogP contribution in [0.1, 0.15) is 53.5 Å². The molecule has 1 amide bonds. The summed E-state index contributed by atoms with van der Waals surface area (Å²) in [4.78, 5) is 18.7. The van der Waals surface area contributed by atoms with Gasteiger partial charge in [0.25, 0.3) is 5.91 Å². The summed E-state index contributed by atoms with van der Waals surface area (Å²) < 4.78 is 87.0. The third-order valence-electron chi connectivity index (χ3n) is 7.73. The average molecular weight is 619 g/mol. The molecule has 0 atom stereocenters. The molecule has 1 aromatic heterocycles. The monoisotopic (exact) mass is 618 g/mol. The lowest BCUT2D eigenvalue weighted by Gasteiger charge is -2.36. The standard InChI is InChI=1S/C32H32F6N2O2Si/c1-30(2,3)43(4,5)42-19-26-28(27(21-11-7-6-8-12-21)24-13-9-10-14-25(24)40-26)29(41)39-18-20-15-22(31(33,34)35)17-23(16-20)32(36,37)38/h6-17H,18-19H2,1-5H3,(H,39,41). The van der Waals surface area contributed by atoms with Gasteiger partial charge in [-0.2, -0.15) is 26.3 Å². The Bertz CT molecular complexity index is 1600. The number of carbonyl (C=O) groups is 1. The molecule has 0 aliphatic heterocycles. The first kappa shape index (κ1) is 32.2. The maximum atomic E-state index is 13.9. The summed E-state index contributed by atoms with van der Waals surface area (Å²) in [5.74, 6) is -0.697. The second kappa shape index (κ2) is 11.8. The molecule has 4 rings (SSSR count). The summed E-state index contributed by atoms with van der Waals surface area (Å²) in [6.45, 7) is 9.73. The van der Waals surface area contributed by atoms with Gasteiger partial charge in [-0.3, -0.25) is 4.79 Å². The Morgan fingerprint density at radius 3 is 1.95 bits per heavy atom. The molecule has 0 aliphatic carbocycles. The number of carbonyl (C=O) groups excluding carboxylic acids is 1. The Hall–Kier alpha value is -3.70. The normalized spacial score (nSPS) is 12.9. The van der Waals surface area contributed by atoms with Crippen molar-refractivity contribution >= 4 is 25.1 Å². The van der Waals surface area contributed by atoms with E-state index in [-0.39, 0.29) is 28.8 Å². The number of hydrogen-bond donors (Lipinski definition) is 1. The van der Waals surface area contributed by atoms with Crippen LogP contribution in [0.2, 0.25) is 18.1 Å². The molecule has 0 radical (unpaired) electrons. The number of aromatic nitrogens is 1. The topological polar surface area (TPSA) is 51.2 Å². The predicted molar refractivity (Wildman–Crippen MR) is 157 cm³/mol. The highest BCUT2D eigenvalue weighted by Crippen LogP contribution is 2.39. The molecule has 0 saturated heterocycles. The van der Waals surface area contributed by atoms with E-state index in [9.17, 15) is 31.1 Å². The fraction of sp³-hybridized carbons (Fsp3) is 0.312. The van der Waals surface area contributed by atoms with Crippen molar-refractivity contribution in [2.24, 2.45) is 0 Å². The Balaban J connectivity index is 1.83. The van der Waals surface area contributed by atoms with E-state index in [4.69, 9.17) is 9.41 Å². The molecule has 1 heterocycles. The zero-order valence-corrected chi connectivity index (χ0v) is 25.4. The number of benzene rings is 3. The number of halogens is 6. The van der Waals surface area contributed by atoms with Gasteiger partial charge >= 0.3 is 12.4 Å². The van der Waals surface area contributed by atoms with Crippen LogP contribution < -0.4 is 5.32 Å². The van der Waals surface area contributed by atoms with Gasteiger partial charge in [-0.25, -0.2) is 4.98 Å². The maximum Gasteiger partial charge on any atom is 0.416 e. The van der Waals surface area contributed by atoms with Gasteiger partial charge in [0.1, 0.15) is 0 Å². The fourth-order valence-electron chi connectivity index (χ4n) is 4.37. The highest BCUT2D eigenvalue weighted by molar-refractivity contribution is 6.74. The lowest BCUT2D eigenvalue weighted by molar-refractivity contribution is -0.143. The molecule has 0 spiro atoms. The number of nitrogens with zero attached hydrogens (tertiary/aromatic N) is 1. The van der Waals surface area contributed by atoms with E-state index in [2.05, 4.69) is 39.2 Å². The van der Waals surface area contributed by atoms with Crippen LogP contribution in [0.3, 0.4) is 0 Å². The van der Waals surface area contributed by atoms with Crippen LogP contribution in [-0.2, 0) is 29.9 Å². The van der Waals surface area contributed by atoms with Crippen LogP contribution in [0, 0.1) is 0 Å². The SMILES string of the molecule is CC(C)(C)[Si](C)(C)OCc1nc2ccccc2c(-c2ccccc2)c1C(=O)NCc1cc(C(F)(F)F)cc(C(F)(F)F)c1. The molecule has 11 heteroatoms. The molecular formula is C32H32F6N2O2Si. The van der Waals surface area contributed by atoms with E-state index in [1.54, 1.807) is 24.3 Å². The smallest absolute Gasteiger partial charge is 0.411 e. The quantitative estimate of drug-likeness (QED) is 0.166. The number of amides is 1. The van der Waals surface area contributed by atoms with Crippen molar-refractivity contribution in [3.8, 4) is 11.1 Å². The van der Waals surface area contributed by atoms with Crippen molar-refractivity contribution in [2.75, 3.05) is 0 Å². The highest BCUT2D eigenvalue weighted by atomic mass is 28.4. The molecular weight excluding hydrogens is 586 g/mol. The van der Waals surface area contributed by atoms with Crippen LogP contribution in [0.5, 0.6) is 0 Å². The average Bonchev–Trinajstić information content (AvgIpc) is 2.92. The van der Waals surface area contributed by atoms with Crippen molar-refractivity contribution in [1.29, 1.82) is 0 Å². The van der Waals surface area contributed by atoms with Gasteiger partial charge in [-0.05, 0) is 53.5 Å². The summed E-state index contributed by atoms with van der Waals surface area (Å²) >= 11 is 0. The fourth-order valence-corrected chi connectivity index (χ4v) is 5.30. The lowest BCUT2D eigenvalue weighted by Crippen LogP contribution is -2.40. The minimum atomic E-state index is -5.00. The Morgan fingerprint density at radius 1 is 0.837 bits per heavy atom. The number of nitrogens with one attached hydrogen (secondary N) is 1. The second-order valence-electron chi connectivity index (χ2n) is 11.8. The summed E-state index contributed by atoms with van der Waals surface area (Å²) in [5.41, 5.74) is -0.939. The predicted octanol–water partition coefficient (Wildman–Crippen LogP) is 9.39. The minimum Gasteiger partial charge on any atom is -0.411 e. The van der Waals surface area contributed by atoms with E-state index in [0.717, 1.165) is 0 Å². The molecule has 0 unspecified atom stereocenters. The minimum absolute atomic E-state index is 0.00824. The van der Waals surface area contributed by atoms with Gasteiger partial charge in [0.15, 0.2) is 8.32 Å². The first-order valence-corrected chi connectivity index (χ1v) is 16.5. The van der Waals surface area contributed by atoms with Crippen molar-refractivity contribution < 1.29 is 35.6 Å². The molecule has 0 aliphatic rings. The van der Waals surface area contributed by atoms with Crippen LogP contribution in [0.4, 0.5) is 26.3 Å². The number of alkyl halides is 6. The van der Waals surface area contributed by atoms with Crippen molar-refractivity contribution in [1.82, 2.24) is 10.3 Å². The first-order valence-electron chi connectivity index (χ1n) is 13.6. The number of hydrogen-bond acceptors (Lipinski definition) is 3. The Kier molecular flexibility index (Phi) is 8.81. The van der Waals surface area contributed by atoms with Crippen molar-refractivity contribution in [3.05, 3.63) is 101 Å². The van der Waals surface area contributed by atoms with E-state index < -0.39 is 44.2 Å². The van der Waals surface area contributed by atoms with E-state index in [1.165, 1.54) is 0 Å². The molecule has 0 bridgehead atoms. The van der Waals surface area contributed by atoms with Gasteiger partial charge in [-0.15, -0.1) is 0 Å². The lowest BCUT2D eigenvalue weighted by atomic mass is 9.93. The van der Waals surface area contributed by atoms with Gasteiger partial charge in [0.2, 0.25) is 0 Å². The van der Waals surface area contributed by atoms with E-state index in [1.807, 2.05) is 30.3 Å². The molecule has 4 nitrogen and oxygen atoms in total. The summed E-state index contributed by atoms with van der Waals surface area (Å²) in [7, 11) is -2.31. The summed E-state index contributed by atoms with van der Waals surface area (Å²) in [5, 5.41) is 3.07. The molecule has 43 heavy (non-hydrogen) atoms. The third kappa shape index (κ3) is 7.27. The zero-order chi connectivity index (χ0) is 31.8. The number of para-hydroxylation sites is 1. The molecule has 228 valence electrons. The zero-order valence-electron chi connectivity index (χ0n) is 24.4. The van der Waals surface area contributed by atoms with E-state index in [0.29, 0.717) is 39.9 Å². The molecule has 3 aromatic carbocycles. The van der Waals surface area contributed by atoms with Crippen LogP contribution in [0.15, 0.2) is 72.8 Å². The van der Waals surface area contributed by atoms with Gasteiger partial charge in [0.05, 0.1) is 34.5 Å². The number of pyridine rings is 1. The van der Waals surface area contributed by atoms with E-state index >= 15 is 0 Å². The second-order valence-corrected chi connectivity index (χ2v) is 16.6. The highest BCUT2D eigenvalue weighted by Gasteiger charge is 2.38. The maximum absolute atomic E-state index is 13.9. The Labute approximate surface area is 247 Å². The number of rotatable bonds is 7. The third-order valence-corrected chi connectivity index (χ3v) is 12.2. The molecule has 0 fully saturated rings. The molecule has 4 aromatic rings. The van der Waals surface area contributed by atoms with Crippen molar-refractivity contribution in [3.63, 3.8) is 0 Å².